The summed E-state index contributed by atoms with van der Waals surface area (Å²) in [6.45, 7) is 1.26. The first-order chi connectivity index (χ1) is 8.42. The third kappa shape index (κ3) is 5.55. The standard InChI is InChI=1S/C12H19F3N2O/c1-2-10(16)8-11-4-3-5-17(11)6-7-18-9-12(13,14)15/h3-5,10H,2,6-9,16H2,1H3. The van der Waals surface area contributed by atoms with Gasteiger partial charge in [-0.1, -0.05) is 6.92 Å². The lowest BCUT2D eigenvalue weighted by Gasteiger charge is -2.13. The molecule has 0 saturated heterocycles. The zero-order valence-electron chi connectivity index (χ0n) is 10.4. The zero-order valence-corrected chi connectivity index (χ0v) is 10.4. The van der Waals surface area contributed by atoms with Gasteiger partial charge in [-0.2, -0.15) is 13.2 Å². The van der Waals surface area contributed by atoms with Crippen molar-refractivity contribution in [3.05, 3.63) is 24.0 Å². The van der Waals surface area contributed by atoms with Crippen LogP contribution < -0.4 is 5.73 Å². The summed E-state index contributed by atoms with van der Waals surface area (Å²) >= 11 is 0. The Hall–Kier alpha value is -1.01. The Morgan fingerprint density at radius 3 is 2.78 bits per heavy atom. The van der Waals surface area contributed by atoms with Crippen molar-refractivity contribution in [3.8, 4) is 0 Å². The Balaban J connectivity index is 2.36. The quantitative estimate of drug-likeness (QED) is 0.768. The molecule has 3 nitrogen and oxygen atoms in total. The van der Waals surface area contributed by atoms with Gasteiger partial charge in [0.15, 0.2) is 0 Å². The molecule has 0 saturated carbocycles. The summed E-state index contributed by atoms with van der Waals surface area (Å²) in [5.41, 5.74) is 6.88. The molecule has 1 aromatic rings. The van der Waals surface area contributed by atoms with Gasteiger partial charge in [0, 0.05) is 30.9 Å². The topological polar surface area (TPSA) is 40.2 Å². The van der Waals surface area contributed by atoms with Crippen LogP contribution in [0.3, 0.4) is 0 Å². The SMILES string of the molecule is CCC(N)Cc1cccn1CCOCC(F)(F)F. The van der Waals surface area contributed by atoms with Crippen molar-refractivity contribution >= 4 is 0 Å². The molecule has 0 spiro atoms. The van der Waals surface area contributed by atoms with Crippen LogP contribution in [-0.2, 0) is 17.7 Å². The lowest BCUT2D eigenvalue weighted by molar-refractivity contribution is -0.174. The Bertz CT molecular complexity index is 349. The number of hydrogen-bond acceptors (Lipinski definition) is 2. The molecular formula is C12H19F3N2O. The summed E-state index contributed by atoms with van der Waals surface area (Å²) in [6, 6.07) is 3.87. The molecule has 1 aromatic heterocycles. The van der Waals surface area contributed by atoms with E-state index in [1.807, 2.05) is 29.8 Å². The van der Waals surface area contributed by atoms with Crippen molar-refractivity contribution in [1.29, 1.82) is 0 Å². The van der Waals surface area contributed by atoms with Crippen LogP contribution in [-0.4, -0.2) is 30.0 Å². The van der Waals surface area contributed by atoms with Gasteiger partial charge in [-0.3, -0.25) is 0 Å². The number of nitrogens with zero attached hydrogens (tertiary/aromatic N) is 1. The fourth-order valence-corrected chi connectivity index (χ4v) is 1.62. The van der Waals surface area contributed by atoms with Gasteiger partial charge in [-0.05, 0) is 18.6 Å². The summed E-state index contributed by atoms with van der Waals surface area (Å²) < 4.78 is 42.1. The smallest absolute Gasteiger partial charge is 0.370 e. The average molecular weight is 264 g/mol. The highest BCUT2D eigenvalue weighted by molar-refractivity contribution is 5.08. The molecule has 1 rings (SSSR count). The zero-order chi connectivity index (χ0) is 13.6. The Kier molecular flexibility index (Phi) is 5.68. The van der Waals surface area contributed by atoms with Crippen molar-refractivity contribution in [2.24, 2.45) is 5.73 Å². The highest BCUT2D eigenvalue weighted by atomic mass is 19.4. The molecule has 104 valence electrons. The maximum Gasteiger partial charge on any atom is 0.411 e. The van der Waals surface area contributed by atoms with Gasteiger partial charge >= 0.3 is 6.18 Å². The number of halogens is 3. The molecule has 1 heterocycles. The van der Waals surface area contributed by atoms with Crippen molar-refractivity contribution in [1.82, 2.24) is 4.57 Å². The second-order valence-electron chi connectivity index (χ2n) is 4.23. The highest BCUT2D eigenvalue weighted by Gasteiger charge is 2.27. The van der Waals surface area contributed by atoms with E-state index in [-0.39, 0.29) is 12.6 Å². The number of rotatable bonds is 7. The fraction of sp³-hybridized carbons (Fsp3) is 0.667. The second kappa shape index (κ2) is 6.80. The summed E-state index contributed by atoms with van der Waals surface area (Å²) in [5.74, 6) is 0. The lowest BCUT2D eigenvalue weighted by atomic mass is 10.1. The van der Waals surface area contributed by atoms with E-state index in [9.17, 15) is 13.2 Å². The molecule has 18 heavy (non-hydrogen) atoms. The van der Waals surface area contributed by atoms with Crippen LogP contribution in [0, 0.1) is 0 Å². The minimum atomic E-state index is -4.26. The second-order valence-corrected chi connectivity index (χ2v) is 4.23. The van der Waals surface area contributed by atoms with E-state index in [0.29, 0.717) is 6.54 Å². The van der Waals surface area contributed by atoms with E-state index < -0.39 is 12.8 Å². The third-order valence-corrected chi connectivity index (χ3v) is 2.66. The molecular weight excluding hydrogens is 245 g/mol. The summed E-state index contributed by atoms with van der Waals surface area (Å²) in [4.78, 5) is 0. The van der Waals surface area contributed by atoms with E-state index in [2.05, 4.69) is 4.74 Å². The first-order valence-corrected chi connectivity index (χ1v) is 5.96. The van der Waals surface area contributed by atoms with Gasteiger partial charge in [-0.15, -0.1) is 0 Å². The molecule has 0 radical (unpaired) electrons. The molecule has 1 atom stereocenters. The molecule has 1 unspecified atom stereocenters. The van der Waals surface area contributed by atoms with Gasteiger partial charge in [0.25, 0.3) is 0 Å². The summed E-state index contributed by atoms with van der Waals surface area (Å²) in [7, 11) is 0. The predicted octanol–water partition coefficient (Wildman–Crippen LogP) is 2.35. The number of ether oxygens (including phenoxy) is 1. The van der Waals surface area contributed by atoms with E-state index in [0.717, 1.165) is 18.5 Å². The molecule has 0 aromatic carbocycles. The molecule has 6 heteroatoms. The largest absolute Gasteiger partial charge is 0.411 e. The van der Waals surface area contributed by atoms with Crippen molar-refractivity contribution in [2.75, 3.05) is 13.2 Å². The van der Waals surface area contributed by atoms with Gasteiger partial charge in [0.2, 0.25) is 0 Å². The molecule has 0 aliphatic carbocycles. The normalized spacial score (nSPS) is 13.8. The Morgan fingerprint density at radius 1 is 1.44 bits per heavy atom. The van der Waals surface area contributed by atoms with Gasteiger partial charge in [0.1, 0.15) is 6.61 Å². The first-order valence-electron chi connectivity index (χ1n) is 5.96. The van der Waals surface area contributed by atoms with E-state index in [1.54, 1.807) is 0 Å². The van der Waals surface area contributed by atoms with E-state index in [1.165, 1.54) is 0 Å². The van der Waals surface area contributed by atoms with Crippen LogP contribution >= 0.6 is 0 Å². The van der Waals surface area contributed by atoms with Crippen LogP contribution in [0.2, 0.25) is 0 Å². The molecule has 0 aliphatic rings. The highest BCUT2D eigenvalue weighted by Crippen LogP contribution is 2.14. The number of nitrogens with two attached hydrogens (primary N) is 1. The minimum Gasteiger partial charge on any atom is -0.370 e. The molecule has 0 bridgehead atoms. The number of aromatic nitrogens is 1. The first kappa shape index (κ1) is 15.0. The lowest BCUT2D eigenvalue weighted by Crippen LogP contribution is -2.24. The van der Waals surface area contributed by atoms with Gasteiger partial charge in [-0.25, -0.2) is 0 Å². The maximum atomic E-state index is 11.9. The van der Waals surface area contributed by atoms with Crippen LogP contribution in [0.4, 0.5) is 13.2 Å². The maximum absolute atomic E-state index is 11.9. The van der Waals surface area contributed by atoms with Crippen LogP contribution in [0.15, 0.2) is 18.3 Å². The van der Waals surface area contributed by atoms with E-state index >= 15 is 0 Å². The molecule has 0 aliphatic heterocycles. The molecule has 0 fully saturated rings. The minimum absolute atomic E-state index is 0.0442. The van der Waals surface area contributed by atoms with E-state index in [4.69, 9.17) is 5.73 Å². The number of alkyl halides is 3. The molecule has 2 N–H and O–H groups in total. The fourth-order valence-electron chi connectivity index (χ4n) is 1.62. The molecule has 0 amide bonds. The predicted molar refractivity (Wildman–Crippen MR) is 63.3 cm³/mol. The average Bonchev–Trinajstić information content (AvgIpc) is 2.70. The van der Waals surface area contributed by atoms with Gasteiger partial charge < -0.3 is 15.0 Å². The van der Waals surface area contributed by atoms with Crippen LogP contribution in [0.5, 0.6) is 0 Å². The Labute approximate surface area is 105 Å². The van der Waals surface area contributed by atoms with Crippen molar-refractivity contribution in [3.63, 3.8) is 0 Å². The Morgan fingerprint density at radius 2 is 2.17 bits per heavy atom. The van der Waals surface area contributed by atoms with Crippen LogP contribution in [0.1, 0.15) is 19.0 Å². The van der Waals surface area contributed by atoms with Crippen LogP contribution in [0.25, 0.3) is 0 Å². The summed E-state index contributed by atoms with van der Waals surface area (Å²) in [6.07, 6.45) is -0.836. The summed E-state index contributed by atoms with van der Waals surface area (Å²) in [5, 5.41) is 0. The monoisotopic (exact) mass is 264 g/mol. The third-order valence-electron chi connectivity index (χ3n) is 2.66. The van der Waals surface area contributed by atoms with Gasteiger partial charge in [0.05, 0.1) is 6.61 Å². The van der Waals surface area contributed by atoms with Crippen molar-refractivity contribution in [2.45, 2.75) is 38.5 Å². The number of hydrogen-bond donors (Lipinski definition) is 1. The van der Waals surface area contributed by atoms with Crippen molar-refractivity contribution < 1.29 is 17.9 Å².